The maximum absolute atomic E-state index is 10.7. The Morgan fingerprint density at radius 1 is 0.800 bits per heavy atom. The molecule has 5 heteroatoms. The molecular formula is C15H32O3S2. The molecule has 0 spiro atoms. The minimum absolute atomic E-state index is 0.302. The van der Waals surface area contributed by atoms with Crippen molar-refractivity contribution >= 4 is 20.2 Å². The first-order valence-electron chi connectivity index (χ1n) is 8.18. The van der Waals surface area contributed by atoms with E-state index in [4.69, 9.17) is 4.55 Å². The lowest BCUT2D eigenvalue weighted by Gasteiger charge is -2.03. The third-order valence-corrected chi connectivity index (χ3v) is 4.23. The molecule has 0 radical (unpaired) electrons. The van der Waals surface area contributed by atoms with Crippen LogP contribution in [0.1, 0.15) is 90.4 Å². The number of hydrogen-bond donors (Lipinski definition) is 1. The molecule has 0 aromatic heterocycles. The SMILES string of the molecule is CCCCCCCCCCCCCCCOS(=O)(O)=S. The highest BCUT2D eigenvalue weighted by atomic mass is 32.9. The van der Waals surface area contributed by atoms with Gasteiger partial charge in [-0.1, -0.05) is 84.0 Å². The summed E-state index contributed by atoms with van der Waals surface area (Å²) in [6.07, 6.45) is 16.7. The van der Waals surface area contributed by atoms with E-state index in [1.165, 1.54) is 70.6 Å². The van der Waals surface area contributed by atoms with Gasteiger partial charge < -0.3 is 0 Å². The molecule has 3 nitrogen and oxygen atoms in total. The lowest BCUT2D eigenvalue weighted by atomic mass is 10.0. The van der Waals surface area contributed by atoms with Gasteiger partial charge in [-0.05, 0) is 6.42 Å². The van der Waals surface area contributed by atoms with Crippen LogP contribution in [0.5, 0.6) is 0 Å². The van der Waals surface area contributed by atoms with Gasteiger partial charge in [0.05, 0.1) is 6.61 Å². The van der Waals surface area contributed by atoms with Gasteiger partial charge in [-0.15, -0.1) is 0 Å². The van der Waals surface area contributed by atoms with Crippen LogP contribution in [0, 0.1) is 0 Å². The van der Waals surface area contributed by atoms with Gasteiger partial charge in [-0.25, -0.2) is 0 Å². The molecule has 1 unspecified atom stereocenters. The molecule has 0 aromatic carbocycles. The Morgan fingerprint density at radius 2 is 1.15 bits per heavy atom. The van der Waals surface area contributed by atoms with Crippen LogP contribution in [0.4, 0.5) is 0 Å². The maximum atomic E-state index is 10.7. The average Bonchev–Trinajstić information content (AvgIpc) is 2.38. The van der Waals surface area contributed by atoms with Crippen LogP contribution in [0.3, 0.4) is 0 Å². The number of unbranched alkanes of at least 4 members (excludes halogenated alkanes) is 12. The molecule has 0 aliphatic heterocycles. The van der Waals surface area contributed by atoms with Crippen molar-refractivity contribution in [2.45, 2.75) is 90.4 Å². The van der Waals surface area contributed by atoms with Gasteiger partial charge in [0.15, 0.2) is 0 Å². The first kappa shape index (κ1) is 20.3. The highest BCUT2D eigenvalue weighted by Crippen LogP contribution is 2.12. The zero-order valence-electron chi connectivity index (χ0n) is 13.0. The van der Waals surface area contributed by atoms with Gasteiger partial charge >= 0.3 is 0 Å². The van der Waals surface area contributed by atoms with E-state index in [0.717, 1.165) is 12.8 Å². The van der Waals surface area contributed by atoms with Crippen molar-refractivity contribution in [3.63, 3.8) is 0 Å². The van der Waals surface area contributed by atoms with Gasteiger partial charge in [0.1, 0.15) is 0 Å². The molecule has 0 rings (SSSR count). The van der Waals surface area contributed by atoms with Crippen LogP contribution < -0.4 is 0 Å². The van der Waals surface area contributed by atoms with E-state index >= 15 is 0 Å². The summed E-state index contributed by atoms with van der Waals surface area (Å²) in [5, 5.41) is 0. The lowest BCUT2D eigenvalue weighted by Crippen LogP contribution is -2.03. The molecule has 1 atom stereocenters. The van der Waals surface area contributed by atoms with Crippen LogP contribution in [-0.4, -0.2) is 15.4 Å². The van der Waals surface area contributed by atoms with Crippen molar-refractivity contribution in [2.24, 2.45) is 0 Å². The van der Waals surface area contributed by atoms with E-state index in [1.54, 1.807) is 0 Å². The van der Waals surface area contributed by atoms with Crippen molar-refractivity contribution in [2.75, 3.05) is 6.61 Å². The second kappa shape index (κ2) is 14.2. The Labute approximate surface area is 130 Å². The molecule has 0 heterocycles. The molecule has 0 fully saturated rings. The Kier molecular flexibility index (Phi) is 14.4. The van der Waals surface area contributed by atoms with Gasteiger partial charge in [-0.2, -0.15) is 4.21 Å². The zero-order valence-corrected chi connectivity index (χ0v) is 14.6. The van der Waals surface area contributed by atoms with Crippen LogP contribution in [-0.2, 0) is 24.4 Å². The molecular weight excluding hydrogens is 292 g/mol. The predicted molar refractivity (Wildman–Crippen MR) is 89.8 cm³/mol. The summed E-state index contributed by atoms with van der Waals surface area (Å²) in [5.74, 6) is 0. The van der Waals surface area contributed by atoms with Gasteiger partial charge in [0.2, 0.25) is 0 Å². The lowest BCUT2D eigenvalue weighted by molar-refractivity contribution is 0.294. The monoisotopic (exact) mass is 324 g/mol. The van der Waals surface area contributed by atoms with Crippen LogP contribution in [0.25, 0.3) is 0 Å². The van der Waals surface area contributed by atoms with Crippen molar-refractivity contribution in [3.05, 3.63) is 0 Å². The minimum atomic E-state index is -3.41. The zero-order chi connectivity index (χ0) is 15.1. The van der Waals surface area contributed by atoms with Crippen molar-refractivity contribution in [1.29, 1.82) is 0 Å². The van der Waals surface area contributed by atoms with Crippen LogP contribution in [0.15, 0.2) is 0 Å². The third-order valence-electron chi connectivity index (χ3n) is 3.48. The largest absolute Gasteiger partial charge is 0.285 e. The van der Waals surface area contributed by atoms with Crippen LogP contribution in [0.2, 0.25) is 0 Å². The van der Waals surface area contributed by atoms with Crippen molar-refractivity contribution in [1.82, 2.24) is 0 Å². The van der Waals surface area contributed by atoms with Crippen molar-refractivity contribution in [3.8, 4) is 0 Å². The standard InChI is InChI=1S/C15H32O3S2/c1-2-3-4-5-6-7-8-9-10-11-12-13-14-15-18-20(16,17)19/h2-15H2,1H3,(H,16,17,19). The van der Waals surface area contributed by atoms with E-state index in [2.05, 4.69) is 22.3 Å². The fraction of sp³-hybridized carbons (Fsp3) is 1.00. The van der Waals surface area contributed by atoms with Gasteiger partial charge in [-0.3, -0.25) is 8.74 Å². The summed E-state index contributed by atoms with van der Waals surface area (Å²) < 4.78 is 24.0. The van der Waals surface area contributed by atoms with E-state index < -0.39 is 9.05 Å². The Bertz CT molecular complexity index is 289. The highest BCUT2D eigenvalue weighted by molar-refractivity contribution is 8.27. The Hall–Kier alpha value is 0.290. The molecule has 0 saturated carbocycles. The first-order valence-corrected chi connectivity index (χ1v) is 10.5. The Morgan fingerprint density at radius 3 is 1.50 bits per heavy atom. The summed E-state index contributed by atoms with van der Waals surface area (Å²) in [6, 6.07) is 0. The second-order valence-corrected chi connectivity index (χ2v) is 7.85. The summed E-state index contributed by atoms with van der Waals surface area (Å²) >= 11 is 4.24. The highest BCUT2D eigenvalue weighted by Gasteiger charge is 1.99. The summed E-state index contributed by atoms with van der Waals surface area (Å²) in [5.41, 5.74) is 0. The van der Waals surface area contributed by atoms with E-state index in [-0.39, 0.29) is 0 Å². The number of rotatable bonds is 15. The quantitative estimate of drug-likeness (QED) is 0.419. The van der Waals surface area contributed by atoms with Crippen molar-refractivity contribution < 1.29 is 12.9 Å². The molecule has 20 heavy (non-hydrogen) atoms. The first-order chi connectivity index (χ1) is 9.56. The summed E-state index contributed by atoms with van der Waals surface area (Å²) in [7, 11) is -3.41. The van der Waals surface area contributed by atoms with Gasteiger partial charge in [0.25, 0.3) is 9.05 Å². The molecule has 0 amide bonds. The van der Waals surface area contributed by atoms with E-state index in [1.807, 2.05) is 0 Å². The molecule has 1 N–H and O–H groups in total. The fourth-order valence-corrected chi connectivity index (χ4v) is 2.82. The predicted octanol–water partition coefficient (Wildman–Crippen LogP) is 5.23. The molecule has 0 aliphatic rings. The number of hydrogen-bond acceptors (Lipinski definition) is 3. The fourth-order valence-electron chi connectivity index (χ4n) is 2.28. The minimum Gasteiger partial charge on any atom is -0.285 e. The molecule has 0 bridgehead atoms. The second-order valence-electron chi connectivity index (χ2n) is 5.49. The summed E-state index contributed by atoms with van der Waals surface area (Å²) in [6.45, 7) is 2.56. The average molecular weight is 325 g/mol. The maximum Gasteiger partial charge on any atom is 0.266 e. The molecule has 0 saturated heterocycles. The van der Waals surface area contributed by atoms with Crippen LogP contribution >= 0.6 is 0 Å². The topological polar surface area (TPSA) is 46.5 Å². The van der Waals surface area contributed by atoms with E-state index in [0.29, 0.717) is 6.61 Å². The smallest absolute Gasteiger partial charge is 0.266 e. The summed E-state index contributed by atoms with van der Waals surface area (Å²) in [4.78, 5) is 0. The molecule has 0 aromatic rings. The third kappa shape index (κ3) is 18.3. The Balaban J connectivity index is 3.03. The van der Waals surface area contributed by atoms with E-state index in [9.17, 15) is 4.21 Å². The molecule has 122 valence electrons. The van der Waals surface area contributed by atoms with Gasteiger partial charge in [0, 0.05) is 11.2 Å². The molecule has 0 aliphatic carbocycles. The normalized spacial score (nSPS) is 14.3.